The minimum atomic E-state index is 0.964. The highest BCUT2D eigenvalue weighted by Crippen LogP contribution is 2.43. The minimum absolute atomic E-state index is 0.964. The van der Waals surface area contributed by atoms with Crippen LogP contribution in [-0.4, -0.2) is 0 Å². The molecule has 0 N–H and O–H groups in total. The van der Waals surface area contributed by atoms with Gasteiger partial charge in [-0.05, 0) is 104 Å². The van der Waals surface area contributed by atoms with Gasteiger partial charge in [-0.1, -0.05) is 107 Å². The van der Waals surface area contributed by atoms with Crippen molar-refractivity contribution in [2.24, 2.45) is 23.7 Å². The van der Waals surface area contributed by atoms with Crippen molar-refractivity contribution in [3.8, 4) is 0 Å². The van der Waals surface area contributed by atoms with Crippen LogP contribution in [0.5, 0.6) is 0 Å². The Morgan fingerprint density at radius 3 is 1.79 bits per heavy atom. The van der Waals surface area contributed by atoms with Crippen molar-refractivity contribution in [1.82, 2.24) is 0 Å². The molecule has 0 saturated heterocycles. The smallest absolute Gasteiger partial charge is 0.0181 e. The Morgan fingerprint density at radius 2 is 1.24 bits per heavy atom. The molecule has 2 aromatic rings. The van der Waals surface area contributed by atoms with Gasteiger partial charge < -0.3 is 0 Å². The standard InChI is InChI=1S/C34H50/c1-3-5-7-9-27-13-19-31(20-14-27)32-21-15-28(16-22-32)11-12-30-18-24-33-25-29(10-8-6-4-2)17-23-34(33)26-30/h4,6,17-18,23-28,31-32H,3,5,7-16,19-22H2,1-2H3/b6-4+. The Hall–Kier alpha value is -1.56. The number of hydrogen-bond acceptors (Lipinski definition) is 0. The first-order valence-electron chi connectivity index (χ1n) is 14.9. The predicted molar refractivity (Wildman–Crippen MR) is 150 cm³/mol. The monoisotopic (exact) mass is 458 g/mol. The lowest BCUT2D eigenvalue weighted by Gasteiger charge is -2.38. The van der Waals surface area contributed by atoms with Crippen LogP contribution >= 0.6 is 0 Å². The molecule has 0 aromatic heterocycles. The normalized spacial score (nSPS) is 25.8. The van der Waals surface area contributed by atoms with E-state index in [2.05, 4.69) is 62.4 Å². The van der Waals surface area contributed by atoms with Gasteiger partial charge in [-0.25, -0.2) is 0 Å². The number of fused-ring (bicyclic) bond motifs is 1. The molecule has 0 heterocycles. The van der Waals surface area contributed by atoms with Crippen LogP contribution in [0.15, 0.2) is 48.6 Å². The van der Waals surface area contributed by atoms with E-state index in [9.17, 15) is 0 Å². The predicted octanol–water partition coefficient (Wildman–Crippen LogP) is 10.5. The summed E-state index contributed by atoms with van der Waals surface area (Å²) >= 11 is 0. The molecule has 2 fully saturated rings. The molecule has 0 heteroatoms. The SMILES string of the molecule is C/C=C/CCc1ccc2cc(CCC3CCC(C4CCC(CCCCC)CC4)CC3)ccc2c1. The average Bonchev–Trinajstić information content (AvgIpc) is 2.88. The third-order valence-corrected chi connectivity index (χ3v) is 9.31. The fourth-order valence-electron chi connectivity index (χ4n) is 7.02. The number of unbranched alkanes of at least 4 members (excludes halogenated alkanes) is 2. The van der Waals surface area contributed by atoms with Gasteiger partial charge in [-0.3, -0.25) is 0 Å². The first-order chi connectivity index (χ1) is 16.7. The molecule has 34 heavy (non-hydrogen) atoms. The summed E-state index contributed by atoms with van der Waals surface area (Å²) in [5.41, 5.74) is 3.00. The van der Waals surface area contributed by atoms with Crippen LogP contribution in [-0.2, 0) is 12.8 Å². The van der Waals surface area contributed by atoms with Gasteiger partial charge >= 0.3 is 0 Å². The Balaban J connectivity index is 1.18. The molecule has 0 amide bonds. The van der Waals surface area contributed by atoms with Crippen LogP contribution in [0.25, 0.3) is 10.8 Å². The molecule has 2 aliphatic rings. The van der Waals surface area contributed by atoms with E-state index in [-0.39, 0.29) is 0 Å². The summed E-state index contributed by atoms with van der Waals surface area (Å²) in [5, 5.41) is 2.82. The number of allylic oxidation sites excluding steroid dienone is 2. The maximum Gasteiger partial charge on any atom is -0.0181 e. The lowest BCUT2D eigenvalue weighted by atomic mass is 9.68. The Morgan fingerprint density at radius 1 is 0.676 bits per heavy atom. The van der Waals surface area contributed by atoms with Crippen molar-refractivity contribution in [2.75, 3.05) is 0 Å². The van der Waals surface area contributed by atoms with Gasteiger partial charge in [-0.2, -0.15) is 0 Å². The quantitative estimate of drug-likeness (QED) is 0.232. The topological polar surface area (TPSA) is 0 Å². The van der Waals surface area contributed by atoms with E-state index in [0.29, 0.717) is 0 Å². The molecule has 4 rings (SSSR count). The van der Waals surface area contributed by atoms with Gasteiger partial charge in [0, 0.05) is 0 Å². The molecule has 0 unspecified atom stereocenters. The van der Waals surface area contributed by atoms with Crippen LogP contribution in [0.2, 0.25) is 0 Å². The van der Waals surface area contributed by atoms with Crippen LogP contribution in [0.4, 0.5) is 0 Å². The van der Waals surface area contributed by atoms with Gasteiger partial charge in [0.25, 0.3) is 0 Å². The van der Waals surface area contributed by atoms with E-state index in [0.717, 1.165) is 36.5 Å². The van der Waals surface area contributed by atoms with Crippen molar-refractivity contribution in [3.05, 3.63) is 59.7 Å². The van der Waals surface area contributed by atoms with E-state index in [1.165, 1.54) is 98.9 Å². The molecule has 2 aromatic carbocycles. The Labute approximate surface area is 210 Å². The highest BCUT2D eigenvalue weighted by molar-refractivity contribution is 5.83. The van der Waals surface area contributed by atoms with Gasteiger partial charge in [-0.15, -0.1) is 0 Å². The molecule has 2 aliphatic carbocycles. The fraction of sp³-hybridized carbons (Fsp3) is 0.647. The molecule has 186 valence electrons. The third-order valence-electron chi connectivity index (χ3n) is 9.31. The second-order valence-electron chi connectivity index (χ2n) is 11.7. The van der Waals surface area contributed by atoms with Crippen molar-refractivity contribution in [3.63, 3.8) is 0 Å². The van der Waals surface area contributed by atoms with Gasteiger partial charge in [0.1, 0.15) is 0 Å². The third kappa shape index (κ3) is 7.47. The van der Waals surface area contributed by atoms with Crippen molar-refractivity contribution >= 4 is 10.8 Å². The minimum Gasteiger partial charge on any atom is -0.0917 e. The van der Waals surface area contributed by atoms with E-state index in [4.69, 9.17) is 0 Å². The fourth-order valence-corrected chi connectivity index (χ4v) is 7.02. The lowest BCUT2D eigenvalue weighted by Crippen LogP contribution is -2.26. The maximum atomic E-state index is 2.45. The lowest BCUT2D eigenvalue weighted by molar-refractivity contribution is 0.140. The first kappa shape index (κ1) is 25.5. The molecule has 0 bridgehead atoms. The van der Waals surface area contributed by atoms with Crippen LogP contribution < -0.4 is 0 Å². The molecular formula is C34H50. The number of aryl methyl sites for hydroxylation is 2. The Bertz CT molecular complexity index is 874. The molecule has 0 radical (unpaired) electrons. The van der Waals surface area contributed by atoms with Crippen molar-refractivity contribution in [1.29, 1.82) is 0 Å². The second-order valence-corrected chi connectivity index (χ2v) is 11.7. The summed E-state index contributed by atoms with van der Waals surface area (Å²) in [4.78, 5) is 0. The number of rotatable bonds is 11. The highest BCUT2D eigenvalue weighted by Gasteiger charge is 2.30. The highest BCUT2D eigenvalue weighted by atomic mass is 14.4. The molecule has 0 spiro atoms. The Kier molecular flexibility index (Phi) is 10.1. The summed E-state index contributed by atoms with van der Waals surface area (Å²) in [7, 11) is 0. The maximum absolute atomic E-state index is 2.45. The second kappa shape index (κ2) is 13.5. The zero-order chi connectivity index (χ0) is 23.6. The van der Waals surface area contributed by atoms with E-state index < -0.39 is 0 Å². The average molecular weight is 459 g/mol. The van der Waals surface area contributed by atoms with E-state index in [1.54, 1.807) is 12.8 Å². The molecule has 0 nitrogen and oxygen atoms in total. The van der Waals surface area contributed by atoms with Crippen LogP contribution in [0, 0.1) is 23.7 Å². The molecular weight excluding hydrogens is 408 g/mol. The number of benzene rings is 2. The summed E-state index contributed by atoms with van der Waals surface area (Å²) in [6.07, 6.45) is 27.3. The summed E-state index contributed by atoms with van der Waals surface area (Å²) in [5.74, 6) is 4.14. The van der Waals surface area contributed by atoms with Gasteiger partial charge in [0.05, 0.1) is 0 Å². The zero-order valence-corrected chi connectivity index (χ0v) is 22.2. The summed E-state index contributed by atoms with van der Waals surface area (Å²) in [6, 6.07) is 14.3. The number of hydrogen-bond donors (Lipinski definition) is 0. The molecule has 2 saturated carbocycles. The van der Waals surface area contributed by atoms with Gasteiger partial charge in [0.15, 0.2) is 0 Å². The zero-order valence-electron chi connectivity index (χ0n) is 22.2. The van der Waals surface area contributed by atoms with Crippen molar-refractivity contribution < 1.29 is 0 Å². The van der Waals surface area contributed by atoms with Crippen LogP contribution in [0.1, 0.15) is 115 Å². The summed E-state index contributed by atoms with van der Waals surface area (Å²) < 4.78 is 0. The first-order valence-corrected chi connectivity index (χ1v) is 14.9. The summed E-state index contributed by atoms with van der Waals surface area (Å²) in [6.45, 7) is 4.44. The molecule has 0 atom stereocenters. The largest absolute Gasteiger partial charge is 0.0917 e. The van der Waals surface area contributed by atoms with Crippen LogP contribution in [0.3, 0.4) is 0 Å². The molecule has 0 aliphatic heterocycles. The van der Waals surface area contributed by atoms with Gasteiger partial charge in [0.2, 0.25) is 0 Å². The van der Waals surface area contributed by atoms with E-state index in [1.807, 2.05) is 0 Å². The van der Waals surface area contributed by atoms with Crippen molar-refractivity contribution in [2.45, 2.75) is 117 Å². The van der Waals surface area contributed by atoms with E-state index >= 15 is 0 Å².